The van der Waals surface area contributed by atoms with Gasteiger partial charge in [-0.1, -0.05) is 6.07 Å². The Bertz CT molecular complexity index is 673. The molecule has 0 unspecified atom stereocenters. The third-order valence-corrected chi connectivity index (χ3v) is 3.86. The predicted octanol–water partition coefficient (Wildman–Crippen LogP) is 1.28. The highest BCUT2D eigenvalue weighted by atomic mass is 16.2. The molecule has 0 aromatic heterocycles. The van der Waals surface area contributed by atoms with Gasteiger partial charge in [0, 0.05) is 37.3 Å². The van der Waals surface area contributed by atoms with Gasteiger partial charge < -0.3 is 15.5 Å². The number of hydrogen-bond acceptors (Lipinski definition) is 4. The van der Waals surface area contributed by atoms with Crippen molar-refractivity contribution >= 4 is 23.4 Å². The molecule has 2 N–H and O–H groups in total. The summed E-state index contributed by atoms with van der Waals surface area (Å²) in [6, 6.07) is 8.60. The van der Waals surface area contributed by atoms with Crippen LogP contribution in [-0.4, -0.2) is 41.8 Å². The van der Waals surface area contributed by atoms with Gasteiger partial charge in [0.15, 0.2) is 0 Å². The highest BCUT2D eigenvalue weighted by Gasteiger charge is 2.23. The van der Waals surface area contributed by atoms with Gasteiger partial charge in [0.05, 0.1) is 6.07 Å². The Morgan fingerprint density at radius 1 is 1.29 bits per heavy atom. The summed E-state index contributed by atoms with van der Waals surface area (Å²) < 4.78 is 0. The highest BCUT2D eigenvalue weighted by Crippen LogP contribution is 2.14. The number of nitrogens with one attached hydrogen (secondary N) is 2. The quantitative estimate of drug-likeness (QED) is 0.869. The van der Waals surface area contributed by atoms with E-state index >= 15 is 0 Å². The van der Waals surface area contributed by atoms with Crippen LogP contribution in [0.5, 0.6) is 0 Å². The smallest absolute Gasteiger partial charge is 0.251 e. The molecule has 3 amide bonds. The highest BCUT2D eigenvalue weighted by molar-refractivity contribution is 5.97. The lowest BCUT2D eigenvalue weighted by Crippen LogP contribution is -2.46. The Kier molecular flexibility index (Phi) is 5.90. The van der Waals surface area contributed by atoms with Crippen LogP contribution in [0.3, 0.4) is 0 Å². The molecule has 0 bridgehead atoms. The summed E-state index contributed by atoms with van der Waals surface area (Å²) in [5.41, 5.74) is 1.05. The SMILES string of the molecule is CC(=O)Nc1cccc(C(=O)NC2CCN(C(=O)CC#N)CC2)c1. The second-order valence-electron chi connectivity index (χ2n) is 5.73. The molecule has 1 aliphatic rings. The van der Waals surface area contributed by atoms with Gasteiger partial charge in [-0.25, -0.2) is 0 Å². The summed E-state index contributed by atoms with van der Waals surface area (Å²) in [4.78, 5) is 36.7. The van der Waals surface area contributed by atoms with E-state index < -0.39 is 0 Å². The zero-order valence-electron chi connectivity index (χ0n) is 13.5. The van der Waals surface area contributed by atoms with E-state index in [0.717, 1.165) is 0 Å². The van der Waals surface area contributed by atoms with Crippen LogP contribution in [0.1, 0.15) is 36.5 Å². The van der Waals surface area contributed by atoms with Gasteiger partial charge in [-0.05, 0) is 31.0 Å². The first-order chi connectivity index (χ1) is 11.5. The van der Waals surface area contributed by atoms with Crippen molar-refractivity contribution in [1.82, 2.24) is 10.2 Å². The predicted molar refractivity (Wildman–Crippen MR) is 88.0 cm³/mol. The topological polar surface area (TPSA) is 102 Å². The van der Waals surface area contributed by atoms with Crippen LogP contribution >= 0.6 is 0 Å². The van der Waals surface area contributed by atoms with Crippen molar-refractivity contribution in [1.29, 1.82) is 5.26 Å². The van der Waals surface area contributed by atoms with Crippen molar-refractivity contribution in [3.05, 3.63) is 29.8 Å². The molecule has 0 radical (unpaired) electrons. The lowest BCUT2D eigenvalue weighted by Gasteiger charge is -2.32. The third kappa shape index (κ3) is 4.81. The summed E-state index contributed by atoms with van der Waals surface area (Å²) in [5, 5.41) is 14.2. The van der Waals surface area contributed by atoms with Crippen molar-refractivity contribution in [2.45, 2.75) is 32.2 Å². The van der Waals surface area contributed by atoms with Gasteiger partial charge in [-0.3, -0.25) is 14.4 Å². The summed E-state index contributed by atoms with van der Waals surface area (Å²) >= 11 is 0. The fraction of sp³-hybridized carbons (Fsp3) is 0.412. The Balaban J connectivity index is 1.89. The number of rotatable bonds is 4. The maximum absolute atomic E-state index is 12.3. The first-order valence-corrected chi connectivity index (χ1v) is 7.83. The maximum Gasteiger partial charge on any atom is 0.251 e. The molecule has 1 aromatic carbocycles. The van der Waals surface area contributed by atoms with Crippen LogP contribution in [0.2, 0.25) is 0 Å². The molecule has 1 saturated heterocycles. The van der Waals surface area contributed by atoms with Crippen LogP contribution in [0.25, 0.3) is 0 Å². The van der Waals surface area contributed by atoms with E-state index in [1.54, 1.807) is 29.2 Å². The molecule has 0 spiro atoms. The summed E-state index contributed by atoms with van der Waals surface area (Å²) in [5.74, 6) is -0.559. The summed E-state index contributed by atoms with van der Waals surface area (Å²) in [6.07, 6.45) is 1.22. The van der Waals surface area contributed by atoms with Crippen LogP contribution < -0.4 is 10.6 Å². The number of hydrogen-bond donors (Lipinski definition) is 2. The van der Waals surface area contributed by atoms with Gasteiger partial charge in [0.2, 0.25) is 11.8 Å². The average molecular weight is 328 g/mol. The van der Waals surface area contributed by atoms with Crippen molar-refractivity contribution in [2.24, 2.45) is 0 Å². The van der Waals surface area contributed by atoms with Crippen molar-refractivity contribution in [2.75, 3.05) is 18.4 Å². The zero-order chi connectivity index (χ0) is 17.5. The Morgan fingerprint density at radius 3 is 2.62 bits per heavy atom. The molecule has 7 heteroatoms. The molecule has 1 aliphatic heterocycles. The Morgan fingerprint density at radius 2 is 2.00 bits per heavy atom. The molecular weight excluding hydrogens is 308 g/mol. The molecular formula is C17H20N4O3. The largest absolute Gasteiger partial charge is 0.349 e. The number of amides is 3. The molecule has 126 valence electrons. The Hall–Kier alpha value is -2.88. The van der Waals surface area contributed by atoms with E-state index in [-0.39, 0.29) is 30.2 Å². The third-order valence-electron chi connectivity index (χ3n) is 3.86. The van der Waals surface area contributed by atoms with E-state index in [2.05, 4.69) is 10.6 Å². The van der Waals surface area contributed by atoms with Gasteiger partial charge in [0.1, 0.15) is 6.42 Å². The van der Waals surface area contributed by atoms with Gasteiger partial charge in [-0.15, -0.1) is 0 Å². The second kappa shape index (κ2) is 8.11. The first-order valence-electron chi connectivity index (χ1n) is 7.83. The summed E-state index contributed by atoms with van der Waals surface area (Å²) in [7, 11) is 0. The normalized spacial score (nSPS) is 14.6. The van der Waals surface area contributed by atoms with E-state index in [0.29, 0.717) is 37.2 Å². The average Bonchev–Trinajstić information content (AvgIpc) is 2.55. The number of carbonyl (C=O) groups excluding carboxylic acids is 3. The van der Waals surface area contributed by atoms with E-state index in [1.165, 1.54) is 6.92 Å². The van der Waals surface area contributed by atoms with E-state index in [9.17, 15) is 14.4 Å². The molecule has 24 heavy (non-hydrogen) atoms. The molecule has 1 aromatic rings. The minimum atomic E-state index is -0.205. The first kappa shape index (κ1) is 17.5. The van der Waals surface area contributed by atoms with Crippen molar-refractivity contribution < 1.29 is 14.4 Å². The molecule has 1 fully saturated rings. The number of benzene rings is 1. The molecule has 7 nitrogen and oxygen atoms in total. The minimum absolute atomic E-state index is 0.00643. The van der Waals surface area contributed by atoms with Gasteiger partial charge >= 0.3 is 0 Å². The second-order valence-corrected chi connectivity index (χ2v) is 5.73. The molecule has 0 aliphatic carbocycles. The molecule has 1 heterocycles. The summed E-state index contributed by atoms with van der Waals surface area (Å²) in [6.45, 7) is 2.49. The van der Waals surface area contributed by atoms with Crippen LogP contribution in [-0.2, 0) is 9.59 Å². The van der Waals surface area contributed by atoms with E-state index in [1.807, 2.05) is 6.07 Å². The number of carbonyl (C=O) groups is 3. The fourth-order valence-corrected chi connectivity index (χ4v) is 2.66. The van der Waals surface area contributed by atoms with Gasteiger partial charge in [-0.2, -0.15) is 5.26 Å². The van der Waals surface area contributed by atoms with E-state index in [4.69, 9.17) is 5.26 Å². The number of nitrogens with zero attached hydrogens (tertiary/aromatic N) is 2. The minimum Gasteiger partial charge on any atom is -0.349 e. The fourth-order valence-electron chi connectivity index (χ4n) is 2.66. The van der Waals surface area contributed by atoms with Gasteiger partial charge in [0.25, 0.3) is 5.91 Å². The number of anilines is 1. The lowest BCUT2D eigenvalue weighted by molar-refractivity contribution is -0.131. The number of likely N-dealkylation sites (tertiary alicyclic amines) is 1. The van der Waals surface area contributed by atoms with Crippen molar-refractivity contribution in [3.8, 4) is 6.07 Å². The number of piperidine rings is 1. The van der Waals surface area contributed by atoms with Crippen LogP contribution in [0.15, 0.2) is 24.3 Å². The molecule has 0 saturated carbocycles. The maximum atomic E-state index is 12.3. The number of nitriles is 1. The van der Waals surface area contributed by atoms with Crippen LogP contribution in [0, 0.1) is 11.3 Å². The molecule has 2 rings (SSSR count). The van der Waals surface area contributed by atoms with Crippen molar-refractivity contribution in [3.63, 3.8) is 0 Å². The molecule has 0 atom stereocenters. The Labute approximate surface area is 140 Å². The zero-order valence-corrected chi connectivity index (χ0v) is 13.5. The van der Waals surface area contributed by atoms with Crippen LogP contribution in [0.4, 0.5) is 5.69 Å². The standard InChI is InChI=1S/C17H20N4O3/c1-12(22)19-15-4-2-3-13(11-15)17(24)20-14-6-9-21(10-7-14)16(23)5-8-18/h2-4,11,14H,5-7,9-10H2,1H3,(H,19,22)(H,20,24). The monoisotopic (exact) mass is 328 g/mol. The lowest BCUT2D eigenvalue weighted by atomic mass is 10.0.